The maximum absolute atomic E-state index is 10.6. The van der Waals surface area contributed by atoms with Crippen LogP contribution < -0.4 is 0 Å². The summed E-state index contributed by atoms with van der Waals surface area (Å²) in [4.78, 5) is 32.1. The summed E-state index contributed by atoms with van der Waals surface area (Å²) in [7, 11) is 0. The number of piperidine rings is 1. The first-order valence-corrected chi connectivity index (χ1v) is 11.6. The number of hydrogen-bond acceptors (Lipinski definition) is 7. The molecule has 4 rings (SSSR count). The number of thiazole rings is 1. The van der Waals surface area contributed by atoms with E-state index in [9.17, 15) is 26.3 Å². The predicted octanol–water partition coefficient (Wildman–Crippen LogP) is 3.61. The highest BCUT2D eigenvalue weighted by atomic mass is 32.1. The fraction of sp³-hybridized carbons (Fsp3) is 0.600. The number of carbonyl (C=O) groups is 2. The van der Waals surface area contributed by atoms with Crippen molar-refractivity contribution in [1.29, 1.82) is 0 Å². The van der Waals surface area contributed by atoms with Crippen LogP contribution in [-0.4, -0.2) is 78.5 Å². The monoisotopic (exact) mass is 545 g/mol. The summed E-state index contributed by atoms with van der Waals surface area (Å²) in [5.74, 6) is -4.30. The lowest BCUT2D eigenvalue weighted by atomic mass is 10.1. The van der Waals surface area contributed by atoms with Gasteiger partial charge in [0.2, 0.25) is 0 Å². The number of halogens is 6. The Morgan fingerprint density at radius 3 is 1.97 bits per heavy atom. The molecule has 0 saturated carbocycles. The molecular formula is C20H25F6N5O4S. The van der Waals surface area contributed by atoms with Gasteiger partial charge in [-0.15, -0.1) is 11.3 Å². The standard InChI is InChI=1S/C16H23N5S.2C2HF3O2/c1-2-5-19(6-3-1)10-14-11-21-8-7-20(12-15(21)18-14)13-16-17-4-9-22-16;2*3-2(4,5)1(6)7/h4,9,11H,1-3,5-8,10,12-13H2;2*(H,6,7). The van der Waals surface area contributed by atoms with Crippen molar-refractivity contribution < 1.29 is 46.1 Å². The third-order valence-corrected chi connectivity index (χ3v) is 5.86. The van der Waals surface area contributed by atoms with Crippen LogP contribution in [0.3, 0.4) is 0 Å². The summed E-state index contributed by atoms with van der Waals surface area (Å²) in [5.41, 5.74) is 1.24. The number of hydrogen-bond donors (Lipinski definition) is 2. The number of fused-ring (bicyclic) bond motifs is 1. The highest BCUT2D eigenvalue weighted by molar-refractivity contribution is 7.09. The van der Waals surface area contributed by atoms with Gasteiger partial charge in [0.1, 0.15) is 10.8 Å². The van der Waals surface area contributed by atoms with Crippen LogP contribution in [0.25, 0.3) is 0 Å². The second-order valence-corrected chi connectivity index (χ2v) is 8.90. The summed E-state index contributed by atoms with van der Waals surface area (Å²) < 4.78 is 65.8. The highest BCUT2D eigenvalue weighted by Crippen LogP contribution is 2.19. The summed E-state index contributed by atoms with van der Waals surface area (Å²) in [5, 5.41) is 17.5. The van der Waals surface area contributed by atoms with E-state index in [1.807, 2.05) is 6.20 Å². The highest BCUT2D eigenvalue weighted by Gasteiger charge is 2.38. The number of nitrogens with zero attached hydrogens (tertiary/aromatic N) is 5. The van der Waals surface area contributed by atoms with Gasteiger partial charge in [-0.2, -0.15) is 26.3 Å². The van der Waals surface area contributed by atoms with Gasteiger partial charge in [0.15, 0.2) is 0 Å². The molecule has 36 heavy (non-hydrogen) atoms. The van der Waals surface area contributed by atoms with E-state index in [2.05, 4.69) is 30.9 Å². The maximum Gasteiger partial charge on any atom is 0.490 e. The van der Waals surface area contributed by atoms with Crippen molar-refractivity contribution >= 4 is 23.3 Å². The number of alkyl halides is 6. The first-order chi connectivity index (χ1) is 16.8. The minimum Gasteiger partial charge on any atom is -0.475 e. The molecule has 2 N–H and O–H groups in total. The van der Waals surface area contributed by atoms with E-state index in [1.54, 1.807) is 11.3 Å². The lowest BCUT2D eigenvalue weighted by molar-refractivity contribution is -0.193. The molecule has 0 aliphatic carbocycles. The van der Waals surface area contributed by atoms with Gasteiger partial charge in [0.05, 0.1) is 18.8 Å². The second-order valence-electron chi connectivity index (χ2n) is 7.92. The summed E-state index contributed by atoms with van der Waals surface area (Å²) >= 11 is 1.74. The van der Waals surface area contributed by atoms with Crippen molar-refractivity contribution in [1.82, 2.24) is 24.3 Å². The molecule has 1 saturated heterocycles. The minimum atomic E-state index is -5.08. The Morgan fingerprint density at radius 2 is 1.47 bits per heavy atom. The number of likely N-dealkylation sites (tertiary alicyclic amines) is 1. The lowest BCUT2D eigenvalue weighted by Gasteiger charge is -2.26. The molecule has 2 aliphatic rings. The van der Waals surface area contributed by atoms with E-state index in [0.717, 1.165) is 32.7 Å². The van der Waals surface area contributed by atoms with E-state index in [1.165, 1.54) is 48.9 Å². The average Bonchev–Trinajstić information content (AvgIpc) is 3.43. The Labute approximate surface area is 206 Å². The quantitative estimate of drug-likeness (QED) is 0.561. The molecule has 16 heteroatoms. The molecule has 4 heterocycles. The fourth-order valence-corrected chi connectivity index (χ4v) is 4.10. The van der Waals surface area contributed by atoms with E-state index >= 15 is 0 Å². The van der Waals surface area contributed by atoms with E-state index in [-0.39, 0.29) is 0 Å². The third-order valence-electron chi connectivity index (χ3n) is 5.09. The van der Waals surface area contributed by atoms with Crippen LogP contribution in [0.5, 0.6) is 0 Å². The van der Waals surface area contributed by atoms with Crippen molar-refractivity contribution in [3.8, 4) is 0 Å². The molecule has 1 fully saturated rings. The number of imidazole rings is 1. The van der Waals surface area contributed by atoms with Gasteiger partial charge in [-0.1, -0.05) is 6.42 Å². The first-order valence-electron chi connectivity index (χ1n) is 10.7. The number of aromatic nitrogens is 3. The molecule has 2 aromatic heterocycles. The van der Waals surface area contributed by atoms with Crippen LogP contribution in [0.15, 0.2) is 17.8 Å². The minimum absolute atomic E-state index is 0.944. The van der Waals surface area contributed by atoms with Gasteiger partial charge >= 0.3 is 24.3 Å². The van der Waals surface area contributed by atoms with Gasteiger partial charge in [0, 0.05) is 37.4 Å². The van der Waals surface area contributed by atoms with Crippen molar-refractivity contribution in [2.75, 3.05) is 19.6 Å². The van der Waals surface area contributed by atoms with E-state index in [4.69, 9.17) is 24.8 Å². The molecule has 0 aromatic carbocycles. The van der Waals surface area contributed by atoms with Crippen molar-refractivity contribution in [3.05, 3.63) is 34.3 Å². The normalized spacial score (nSPS) is 16.7. The molecule has 202 valence electrons. The molecule has 0 spiro atoms. The molecular weight excluding hydrogens is 520 g/mol. The SMILES string of the molecule is O=C(O)C(F)(F)F.O=C(O)C(F)(F)F.c1csc(CN2CCn3cc(CN4CCCCC4)nc3C2)n1. The molecule has 2 aromatic rings. The van der Waals surface area contributed by atoms with Crippen LogP contribution in [0.2, 0.25) is 0 Å². The Balaban J connectivity index is 0.000000271. The Kier molecular flexibility index (Phi) is 10.7. The molecule has 9 nitrogen and oxygen atoms in total. The smallest absolute Gasteiger partial charge is 0.475 e. The van der Waals surface area contributed by atoms with Crippen molar-refractivity contribution in [3.63, 3.8) is 0 Å². The number of aliphatic carboxylic acids is 2. The van der Waals surface area contributed by atoms with Crippen LogP contribution in [0.1, 0.15) is 35.8 Å². The van der Waals surface area contributed by atoms with Gasteiger partial charge < -0.3 is 14.8 Å². The molecule has 0 radical (unpaired) electrons. The molecule has 0 unspecified atom stereocenters. The molecule has 2 aliphatic heterocycles. The molecule has 0 atom stereocenters. The van der Waals surface area contributed by atoms with Crippen LogP contribution in [0.4, 0.5) is 26.3 Å². The van der Waals surface area contributed by atoms with E-state index in [0.29, 0.717) is 0 Å². The summed E-state index contributed by atoms with van der Waals surface area (Å²) in [6.07, 6.45) is -1.93. The maximum atomic E-state index is 10.6. The van der Waals surface area contributed by atoms with Crippen LogP contribution in [0, 0.1) is 0 Å². The number of carboxylic acid groups (broad SMARTS) is 2. The van der Waals surface area contributed by atoms with Gasteiger partial charge in [-0.3, -0.25) is 9.80 Å². The first kappa shape index (κ1) is 29.5. The fourth-order valence-electron chi connectivity index (χ4n) is 3.44. The van der Waals surface area contributed by atoms with Gasteiger partial charge in [-0.25, -0.2) is 19.6 Å². The van der Waals surface area contributed by atoms with Gasteiger partial charge in [0.25, 0.3) is 0 Å². The predicted molar refractivity (Wildman–Crippen MR) is 115 cm³/mol. The number of rotatable bonds is 4. The number of carboxylic acids is 2. The third kappa shape index (κ3) is 10.1. The lowest BCUT2D eigenvalue weighted by Crippen LogP contribution is -2.33. The second kappa shape index (κ2) is 13.0. The summed E-state index contributed by atoms with van der Waals surface area (Å²) in [6.45, 7) is 7.52. The average molecular weight is 546 g/mol. The zero-order chi connectivity index (χ0) is 26.9. The zero-order valence-electron chi connectivity index (χ0n) is 18.9. The molecule has 0 bridgehead atoms. The zero-order valence-corrected chi connectivity index (χ0v) is 19.7. The van der Waals surface area contributed by atoms with Crippen molar-refractivity contribution in [2.45, 2.75) is 57.8 Å². The largest absolute Gasteiger partial charge is 0.490 e. The van der Waals surface area contributed by atoms with Gasteiger partial charge in [-0.05, 0) is 25.9 Å². The summed E-state index contributed by atoms with van der Waals surface area (Å²) in [6, 6.07) is 0. The van der Waals surface area contributed by atoms with E-state index < -0.39 is 24.3 Å². The topological polar surface area (TPSA) is 112 Å². The molecule has 0 amide bonds. The Hall–Kier alpha value is -2.72. The van der Waals surface area contributed by atoms with Crippen LogP contribution in [-0.2, 0) is 35.8 Å². The van der Waals surface area contributed by atoms with Crippen molar-refractivity contribution in [2.24, 2.45) is 0 Å². The Bertz CT molecular complexity index is 950. The van der Waals surface area contributed by atoms with Crippen LogP contribution >= 0.6 is 11.3 Å². The Morgan fingerprint density at radius 1 is 0.889 bits per heavy atom.